The molecule has 1 heterocycles. The van der Waals surface area contributed by atoms with Crippen molar-refractivity contribution in [1.29, 1.82) is 0 Å². The molecule has 3 heteroatoms. The van der Waals surface area contributed by atoms with E-state index in [0.717, 1.165) is 12.5 Å². The van der Waals surface area contributed by atoms with Gasteiger partial charge in [0.2, 0.25) is 0 Å². The molecular weight excluding hydrogens is 294 g/mol. The van der Waals surface area contributed by atoms with Crippen molar-refractivity contribution in [2.24, 2.45) is 4.99 Å². The molecule has 0 spiro atoms. The summed E-state index contributed by atoms with van der Waals surface area (Å²) in [6.07, 6.45) is 5.19. The van der Waals surface area contributed by atoms with E-state index in [0.29, 0.717) is 18.0 Å². The lowest BCUT2D eigenvalue weighted by Crippen LogP contribution is -2.36. The second kappa shape index (κ2) is 7.08. The summed E-state index contributed by atoms with van der Waals surface area (Å²) < 4.78 is 0. The first-order valence-corrected chi connectivity index (χ1v) is 9.07. The van der Waals surface area contributed by atoms with Crippen molar-refractivity contribution in [3.8, 4) is 0 Å². The SMILES string of the molecule is c1ccc(C(CN=C2N[C@@H]3CCCC[C@H]3N2)c2ccccc2)cc1. The van der Waals surface area contributed by atoms with Gasteiger partial charge in [-0.1, -0.05) is 73.5 Å². The van der Waals surface area contributed by atoms with Gasteiger partial charge in [0.25, 0.3) is 0 Å². The number of hydrogen-bond acceptors (Lipinski definition) is 1. The van der Waals surface area contributed by atoms with E-state index in [-0.39, 0.29) is 0 Å². The molecule has 124 valence electrons. The van der Waals surface area contributed by atoms with Crippen molar-refractivity contribution in [3.63, 3.8) is 0 Å². The van der Waals surface area contributed by atoms with Gasteiger partial charge in [0.15, 0.2) is 5.96 Å². The maximum atomic E-state index is 4.89. The predicted octanol–water partition coefficient (Wildman–Crippen LogP) is 3.68. The van der Waals surface area contributed by atoms with Crippen LogP contribution in [0.2, 0.25) is 0 Å². The molecule has 24 heavy (non-hydrogen) atoms. The highest BCUT2D eigenvalue weighted by Gasteiger charge is 2.32. The zero-order chi connectivity index (χ0) is 16.2. The predicted molar refractivity (Wildman–Crippen MR) is 99.3 cm³/mol. The third kappa shape index (κ3) is 3.30. The van der Waals surface area contributed by atoms with Gasteiger partial charge in [0.05, 0.1) is 6.54 Å². The molecule has 4 rings (SSSR count). The van der Waals surface area contributed by atoms with E-state index < -0.39 is 0 Å². The number of benzene rings is 2. The number of guanidine groups is 1. The molecule has 0 bridgehead atoms. The van der Waals surface area contributed by atoms with Crippen LogP contribution in [-0.2, 0) is 0 Å². The minimum Gasteiger partial charge on any atom is -0.352 e. The first kappa shape index (κ1) is 15.3. The van der Waals surface area contributed by atoms with Crippen LogP contribution in [0.5, 0.6) is 0 Å². The van der Waals surface area contributed by atoms with Crippen LogP contribution < -0.4 is 10.6 Å². The highest BCUT2D eigenvalue weighted by atomic mass is 15.3. The fourth-order valence-corrected chi connectivity index (χ4v) is 3.92. The Labute approximate surface area is 144 Å². The Morgan fingerprint density at radius 3 is 1.79 bits per heavy atom. The van der Waals surface area contributed by atoms with Crippen molar-refractivity contribution < 1.29 is 0 Å². The topological polar surface area (TPSA) is 36.4 Å². The molecule has 1 saturated carbocycles. The zero-order valence-corrected chi connectivity index (χ0v) is 14.0. The van der Waals surface area contributed by atoms with Crippen molar-refractivity contribution >= 4 is 5.96 Å². The lowest BCUT2D eigenvalue weighted by atomic mass is 9.91. The molecule has 0 aromatic heterocycles. The number of rotatable bonds is 4. The summed E-state index contributed by atoms with van der Waals surface area (Å²) in [5.74, 6) is 1.29. The number of nitrogens with zero attached hydrogens (tertiary/aromatic N) is 1. The number of nitrogens with one attached hydrogen (secondary N) is 2. The maximum Gasteiger partial charge on any atom is 0.191 e. The maximum absolute atomic E-state index is 4.89. The molecule has 0 amide bonds. The molecule has 0 radical (unpaired) electrons. The molecule has 3 nitrogen and oxygen atoms in total. The van der Waals surface area contributed by atoms with Gasteiger partial charge in [0.1, 0.15) is 0 Å². The molecule has 2 N–H and O–H groups in total. The third-order valence-electron chi connectivity index (χ3n) is 5.25. The van der Waals surface area contributed by atoms with Crippen LogP contribution in [0.1, 0.15) is 42.7 Å². The van der Waals surface area contributed by atoms with Gasteiger partial charge in [-0.05, 0) is 24.0 Å². The van der Waals surface area contributed by atoms with Gasteiger partial charge < -0.3 is 10.6 Å². The number of fused-ring (bicyclic) bond motifs is 1. The van der Waals surface area contributed by atoms with E-state index in [1.807, 2.05) is 0 Å². The molecule has 1 saturated heterocycles. The molecule has 2 aromatic carbocycles. The average molecular weight is 319 g/mol. The molecule has 1 aliphatic carbocycles. The summed E-state index contributed by atoms with van der Waals surface area (Å²) in [6, 6.07) is 22.5. The number of aliphatic imine (C=N–C) groups is 1. The van der Waals surface area contributed by atoms with Crippen molar-refractivity contribution in [3.05, 3.63) is 71.8 Å². The van der Waals surface area contributed by atoms with Crippen molar-refractivity contribution in [2.75, 3.05) is 6.54 Å². The van der Waals surface area contributed by atoms with Crippen LogP contribution in [0.3, 0.4) is 0 Å². The summed E-state index contributed by atoms with van der Waals surface area (Å²) >= 11 is 0. The Hall–Kier alpha value is -2.29. The van der Waals surface area contributed by atoms with Crippen LogP contribution in [0.4, 0.5) is 0 Å². The molecule has 2 aliphatic rings. The Morgan fingerprint density at radius 2 is 1.29 bits per heavy atom. The van der Waals surface area contributed by atoms with Gasteiger partial charge in [-0.2, -0.15) is 0 Å². The molecular formula is C21H25N3. The monoisotopic (exact) mass is 319 g/mol. The smallest absolute Gasteiger partial charge is 0.191 e. The first-order chi connectivity index (χ1) is 11.9. The van der Waals surface area contributed by atoms with E-state index >= 15 is 0 Å². The van der Waals surface area contributed by atoms with Crippen LogP contribution in [0.15, 0.2) is 65.7 Å². The van der Waals surface area contributed by atoms with E-state index in [1.54, 1.807) is 0 Å². The lowest BCUT2D eigenvalue weighted by molar-refractivity contribution is 0.374. The average Bonchev–Trinajstić information content (AvgIpc) is 3.07. The van der Waals surface area contributed by atoms with Crippen LogP contribution in [0.25, 0.3) is 0 Å². The molecule has 2 atom stereocenters. The largest absolute Gasteiger partial charge is 0.352 e. The van der Waals surface area contributed by atoms with Gasteiger partial charge in [0, 0.05) is 18.0 Å². The minimum atomic E-state index is 0.297. The van der Waals surface area contributed by atoms with Crippen LogP contribution in [0, 0.1) is 0 Å². The second-order valence-electron chi connectivity index (χ2n) is 6.85. The summed E-state index contributed by atoms with van der Waals surface area (Å²) in [5.41, 5.74) is 2.65. The molecule has 2 fully saturated rings. The van der Waals surface area contributed by atoms with Crippen LogP contribution >= 0.6 is 0 Å². The fraction of sp³-hybridized carbons (Fsp3) is 0.381. The molecule has 1 aliphatic heterocycles. The highest BCUT2D eigenvalue weighted by molar-refractivity contribution is 5.83. The standard InChI is InChI=1S/C21H25N3/c1-3-9-16(10-4-1)18(17-11-5-2-6-12-17)15-22-21-23-19-13-7-8-14-20(19)24-21/h1-6,9-12,18-20H,7-8,13-15H2,(H2,22,23,24)/t19-,20-/m1/s1. The third-order valence-corrected chi connectivity index (χ3v) is 5.25. The van der Waals surface area contributed by atoms with Gasteiger partial charge in [-0.3, -0.25) is 4.99 Å². The summed E-state index contributed by atoms with van der Waals surface area (Å²) in [5, 5.41) is 7.18. The summed E-state index contributed by atoms with van der Waals surface area (Å²) in [6.45, 7) is 0.767. The minimum absolute atomic E-state index is 0.297. The van der Waals surface area contributed by atoms with E-state index in [4.69, 9.17) is 4.99 Å². The van der Waals surface area contributed by atoms with Gasteiger partial charge in [-0.25, -0.2) is 0 Å². The quantitative estimate of drug-likeness (QED) is 0.902. The zero-order valence-electron chi connectivity index (χ0n) is 14.0. The summed E-state index contributed by atoms with van der Waals surface area (Å²) in [7, 11) is 0. The van der Waals surface area contributed by atoms with E-state index in [2.05, 4.69) is 71.3 Å². The van der Waals surface area contributed by atoms with Crippen molar-refractivity contribution in [2.45, 2.75) is 43.7 Å². The Kier molecular flexibility index (Phi) is 4.50. The Bertz CT molecular complexity index is 625. The van der Waals surface area contributed by atoms with E-state index in [1.165, 1.54) is 36.8 Å². The van der Waals surface area contributed by atoms with Gasteiger partial charge >= 0.3 is 0 Å². The normalized spacial score (nSPS) is 22.6. The van der Waals surface area contributed by atoms with E-state index in [9.17, 15) is 0 Å². The fourth-order valence-electron chi connectivity index (χ4n) is 3.92. The lowest BCUT2D eigenvalue weighted by Gasteiger charge is -2.23. The summed E-state index contributed by atoms with van der Waals surface area (Å²) in [4.78, 5) is 4.89. The highest BCUT2D eigenvalue weighted by Crippen LogP contribution is 2.26. The van der Waals surface area contributed by atoms with Crippen molar-refractivity contribution in [1.82, 2.24) is 10.6 Å². The van der Waals surface area contributed by atoms with Crippen LogP contribution in [-0.4, -0.2) is 24.6 Å². The molecule has 0 unspecified atom stereocenters. The molecule has 2 aromatic rings. The first-order valence-electron chi connectivity index (χ1n) is 9.07. The Balaban J connectivity index is 1.53. The van der Waals surface area contributed by atoms with Gasteiger partial charge in [-0.15, -0.1) is 0 Å². The second-order valence-corrected chi connectivity index (χ2v) is 6.85. The Morgan fingerprint density at radius 1 is 0.792 bits per heavy atom. The number of hydrogen-bond donors (Lipinski definition) is 2.